The average Bonchev–Trinajstić information content (AvgIpc) is 2.88. The number of hydrogen-bond acceptors (Lipinski definition) is 7. The molecule has 180 valence electrons. The van der Waals surface area contributed by atoms with E-state index in [0.29, 0.717) is 28.5 Å². The van der Waals surface area contributed by atoms with Crippen LogP contribution in [0.5, 0.6) is 17.2 Å². The number of nitrogens with one attached hydrogen (secondary N) is 1. The fraction of sp³-hybridized carbons (Fsp3) is 0.200. The summed E-state index contributed by atoms with van der Waals surface area (Å²) in [5.74, 6) is 1.04. The van der Waals surface area contributed by atoms with Crippen LogP contribution in [0.3, 0.4) is 0 Å². The van der Waals surface area contributed by atoms with Crippen molar-refractivity contribution in [1.82, 2.24) is 14.1 Å². The third kappa shape index (κ3) is 4.86. The first-order valence-corrected chi connectivity index (χ1v) is 10.7. The minimum Gasteiger partial charge on any atom is -0.497 e. The second kappa shape index (κ2) is 10.1. The molecule has 0 aliphatic carbocycles. The molecular weight excluding hydrogens is 452 g/mol. The number of benzene rings is 2. The monoisotopic (exact) mass is 476 g/mol. The molecule has 0 unspecified atom stereocenters. The maximum atomic E-state index is 13.4. The second-order valence-corrected chi connectivity index (χ2v) is 7.60. The highest BCUT2D eigenvalue weighted by Gasteiger charge is 2.18. The molecule has 0 radical (unpaired) electrons. The van der Waals surface area contributed by atoms with Crippen molar-refractivity contribution in [3.63, 3.8) is 0 Å². The lowest BCUT2D eigenvalue weighted by Crippen LogP contribution is -2.42. The van der Waals surface area contributed by atoms with Gasteiger partial charge < -0.3 is 19.5 Å². The first-order valence-electron chi connectivity index (χ1n) is 10.7. The number of carbonyl (C=O) groups excluding carboxylic acids is 1. The Labute approximate surface area is 200 Å². The van der Waals surface area contributed by atoms with Gasteiger partial charge in [-0.05, 0) is 18.2 Å². The fourth-order valence-electron chi connectivity index (χ4n) is 3.76. The van der Waals surface area contributed by atoms with Gasteiger partial charge in [-0.3, -0.25) is 18.7 Å². The van der Waals surface area contributed by atoms with Crippen molar-refractivity contribution in [3.8, 4) is 17.2 Å². The largest absolute Gasteiger partial charge is 0.497 e. The van der Waals surface area contributed by atoms with Crippen molar-refractivity contribution in [2.75, 3.05) is 26.6 Å². The lowest BCUT2D eigenvalue weighted by Gasteiger charge is -2.15. The Morgan fingerprint density at radius 3 is 2.31 bits per heavy atom. The Balaban J connectivity index is 1.74. The van der Waals surface area contributed by atoms with Crippen molar-refractivity contribution < 1.29 is 19.0 Å². The zero-order valence-electron chi connectivity index (χ0n) is 19.5. The number of nitrogens with zero attached hydrogens (tertiary/aromatic N) is 3. The standard InChI is InChI=1S/C25H24N4O6/c1-33-18-11-17(12-19(13-18)34-2)27-22(30)15-28-23-20(8-6-10-26-23)24(31)29(25(28)32)14-16-7-4-5-9-21(16)35-3/h4-13H,14-15H2,1-3H3,(H,27,30). The van der Waals surface area contributed by atoms with Crippen LogP contribution in [0.1, 0.15) is 5.56 Å². The molecule has 2 aromatic carbocycles. The summed E-state index contributed by atoms with van der Waals surface area (Å²) in [6.45, 7) is -0.390. The number of fused-ring (bicyclic) bond motifs is 1. The van der Waals surface area contributed by atoms with E-state index in [-0.39, 0.29) is 24.1 Å². The summed E-state index contributed by atoms with van der Waals surface area (Å²) in [6, 6.07) is 15.2. The van der Waals surface area contributed by atoms with Gasteiger partial charge in [0.1, 0.15) is 29.4 Å². The van der Waals surface area contributed by atoms with Gasteiger partial charge in [-0.15, -0.1) is 0 Å². The predicted octanol–water partition coefficient (Wildman–Crippen LogP) is 2.27. The Bertz CT molecular complexity index is 1490. The molecule has 0 saturated carbocycles. The van der Waals surface area contributed by atoms with Crippen molar-refractivity contribution in [1.29, 1.82) is 0 Å². The van der Waals surface area contributed by atoms with Crippen molar-refractivity contribution in [2.45, 2.75) is 13.1 Å². The number of carbonyl (C=O) groups is 1. The minimum absolute atomic E-state index is 0.0266. The van der Waals surface area contributed by atoms with E-state index in [0.717, 1.165) is 4.57 Å². The molecule has 0 fully saturated rings. The van der Waals surface area contributed by atoms with E-state index in [1.165, 1.54) is 32.1 Å². The summed E-state index contributed by atoms with van der Waals surface area (Å²) in [6.07, 6.45) is 1.47. The van der Waals surface area contributed by atoms with Crippen molar-refractivity contribution in [2.24, 2.45) is 0 Å². The Kier molecular flexibility index (Phi) is 6.81. The number of hydrogen-bond donors (Lipinski definition) is 1. The maximum absolute atomic E-state index is 13.4. The first-order chi connectivity index (χ1) is 16.9. The highest BCUT2D eigenvalue weighted by Crippen LogP contribution is 2.25. The maximum Gasteiger partial charge on any atom is 0.333 e. The average molecular weight is 476 g/mol. The molecule has 0 aliphatic rings. The summed E-state index contributed by atoms with van der Waals surface area (Å²) < 4.78 is 18.1. The van der Waals surface area contributed by atoms with E-state index >= 15 is 0 Å². The molecule has 0 saturated heterocycles. The summed E-state index contributed by atoms with van der Waals surface area (Å²) >= 11 is 0. The molecule has 2 heterocycles. The third-order valence-electron chi connectivity index (χ3n) is 5.44. The third-order valence-corrected chi connectivity index (χ3v) is 5.44. The lowest BCUT2D eigenvalue weighted by atomic mass is 10.2. The van der Waals surface area contributed by atoms with Gasteiger partial charge in [0.05, 0.1) is 33.3 Å². The normalized spacial score (nSPS) is 10.7. The Hall–Kier alpha value is -4.60. The fourth-order valence-corrected chi connectivity index (χ4v) is 3.76. The van der Waals surface area contributed by atoms with Gasteiger partial charge >= 0.3 is 5.69 Å². The van der Waals surface area contributed by atoms with E-state index in [1.54, 1.807) is 54.6 Å². The topological polar surface area (TPSA) is 114 Å². The molecule has 2 aromatic heterocycles. The number of ether oxygens (including phenoxy) is 3. The summed E-state index contributed by atoms with van der Waals surface area (Å²) in [5, 5.41) is 2.96. The van der Waals surface area contributed by atoms with Gasteiger partial charge in [-0.25, -0.2) is 9.78 Å². The first kappa shape index (κ1) is 23.6. The SMILES string of the molecule is COc1cc(NC(=O)Cn2c(=O)n(Cc3ccccc3OC)c(=O)c3cccnc32)cc(OC)c1. The molecule has 0 spiro atoms. The number of amides is 1. The molecule has 4 aromatic rings. The Morgan fingerprint density at radius 2 is 1.63 bits per heavy atom. The summed E-state index contributed by atoms with van der Waals surface area (Å²) in [5.41, 5.74) is 0.0385. The van der Waals surface area contributed by atoms with E-state index in [4.69, 9.17) is 14.2 Å². The number of methoxy groups -OCH3 is 3. The quantitative estimate of drug-likeness (QED) is 0.415. The van der Waals surface area contributed by atoms with E-state index in [2.05, 4.69) is 10.3 Å². The van der Waals surface area contributed by atoms with Crippen LogP contribution in [0, 0.1) is 0 Å². The van der Waals surface area contributed by atoms with Crippen molar-refractivity contribution >= 4 is 22.6 Å². The van der Waals surface area contributed by atoms with Crippen molar-refractivity contribution in [3.05, 3.63) is 87.2 Å². The predicted molar refractivity (Wildman–Crippen MR) is 131 cm³/mol. The number of pyridine rings is 1. The molecule has 10 heteroatoms. The molecule has 35 heavy (non-hydrogen) atoms. The van der Waals surface area contributed by atoms with Crippen LogP contribution in [0.2, 0.25) is 0 Å². The van der Waals surface area contributed by atoms with Gasteiger partial charge in [0.25, 0.3) is 5.56 Å². The van der Waals surface area contributed by atoms with Crippen LogP contribution in [-0.2, 0) is 17.9 Å². The molecule has 1 N–H and O–H groups in total. The molecule has 10 nitrogen and oxygen atoms in total. The molecule has 4 rings (SSSR count). The zero-order chi connectivity index (χ0) is 24.9. The van der Waals surface area contributed by atoms with Gasteiger partial charge in [-0.2, -0.15) is 0 Å². The van der Waals surface area contributed by atoms with Gasteiger partial charge in [0, 0.05) is 35.6 Å². The number of anilines is 1. The lowest BCUT2D eigenvalue weighted by molar-refractivity contribution is -0.116. The smallest absolute Gasteiger partial charge is 0.333 e. The van der Waals surface area contributed by atoms with E-state index in [1.807, 2.05) is 0 Å². The summed E-state index contributed by atoms with van der Waals surface area (Å²) in [7, 11) is 4.52. The molecule has 0 aliphatic heterocycles. The van der Waals surface area contributed by atoms with E-state index in [9.17, 15) is 14.4 Å². The highest BCUT2D eigenvalue weighted by atomic mass is 16.5. The number of para-hydroxylation sites is 1. The number of rotatable bonds is 8. The molecule has 0 bridgehead atoms. The van der Waals surface area contributed by atoms with Gasteiger partial charge in [-0.1, -0.05) is 18.2 Å². The molecular formula is C25H24N4O6. The van der Waals surface area contributed by atoms with Crippen LogP contribution in [0.4, 0.5) is 5.69 Å². The van der Waals surface area contributed by atoms with Gasteiger partial charge in [0.15, 0.2) is 0 Å². The molecule has 0 atom stereocenters. The molecule has 1 amide bonds. The highest BCUT2D eigenvalue weighted by molar-refractivity contribution is 5.91. The van der Waals surface area contributed by atoms with Crippen LogP contribution >= 0.6 is 0 Å². The van der Waals surface area contributed by atoms with Crippen LogP contribution in [0.25, 0.3) is 11.0 Å². The second-order valence-electron chi connectivity index (χ2n) is 7.60. The van der Waals surface area contributed by atoms with E-state index < -0.39 is 17.2 Å². The Morgan fingerprint density at radius 1 is 0.914 bits per heavy atom. The van der Waals surface area contributed by atoms with Crippen LogP contribution in [-0.4, -0.2) is 41.4 Å². The minimum atomic E-state index is -0.662. The summed E-state index contributed by atoms with van der Waals surface area (Å²) in [4.78, 5) is 43.7. The van der Waals surface area contributed by atoms with Gasteiger partial charge in [0.2, 0.25) is 5.91 Å². The van der Waals surface area contributed by atoms with Crippen LogP contribution < -0.4 is 30.8 Å². The zero-order valence-corrected chi connectivity index (χ0v) is 19.5. The number of aromatic nitrogens is 3. The van der Waals surface area contributed by atoms with Crippen LogP contribution in [0.15, 0.2) is 70.4 Å².